The van der Waals surface area contributed by atoms with E-state index in [2.05, 4.69) is 43.1 Å². The van der Waals surface area contributed by atoms with Gasteiger partial charge in [-0.1, -0.05) is 6.58 Å². The summed E-state index contributed by atoms with van der Waals surface area (Å²) in [6.45, 7) is 5.50. The number of carbonyl (C=O) groups is 2. The van der Waals surface area contributed by atoms with E-state index in [4.69, 9.17) is 4.74 Å². The van der Waals surface area contributed by atoms with Crippen LogP contribution in [0.3, 0.4) is 0 Å². The first-order chi connectivity index (χ1) is 15.0. The number of alkyl halides is 2. The molecule has 2 amide bonds. The number of ether oxygens (including phenoxy) is 1. The average molecular weight is 509 g/mol. The van der Waals surface area contributed by atoms with Crippen molar-refractivity contribution in [3.8, 4) is 5.88 Å². The van der Waals surface area contributed by atoms with E-state index in [1.807, 2.05) is 0 Å². The first-order valence-corrected chi connectivity index (χ1v) is 10.7. The van der Waals surface area contributed by atoms with Crippen LogP contribution < -0.4 is 15.4 Å². The van der Waals surface area contributed by atoms with E-state index in [1.54, 1.807) is 19.1 Å². The third-order valence-corrected chi connectivity index (χ3v) is 5.31. The zero-order valence-electron chi connectivity index (χ0n) is 17.7. The highest BCUT2D eigenvalue weighted by molar-refractivity contribution is 9.10. The normalized spacial score (nSPS) is 13.4. The number of hydrogen-bond donors (Lipinski definition) is 2. The second-order valence-electron chi connectivity index (χ2n) is 7.73. The number of pyridine rings is 2. The molecule has 0 spiro atoms. The van der Waals surface area contributed by atoms with Crippen molar-refractivity contribution in [1.29, 1.82) is 0 Å². The third kappa shape index (κ3) is 6.32. The zero-order valence-corrected chi connectivity index (χ0v) is 19.3. The summed E-state index contributed by atoms with van der Waals surface area (Å²) in [5.41, 5.74) is 1.30. The van der Waals surface area contributed by atoms with Crippen LogP contribution in [0.25, 0.3) is 0 Å². The van der Waals surface area contributed by atoms with Crippen molar-refractivity contribution in [3.63, 3.8) is 0 Å². The molecule has 2 aromatic rings. The van der Waals surface area contributed by atoms with Gasteiger partial charge in [-0.15, -0.1) is 0 Å². The summed E-state index contributed by atoms with van der Waals surface area (Å²) in [4.78, 5) is 32.8. The van der Waals surface area contributed by atoms with Gasteiger partial charge in [0.1, 0.15) is 5.82 Å². The number of rotatable bonds is 9. The Labute approximate surface area is 192 Å². The molecule has 2 aromatic heterocycles. The third-order valence-electron chi connectivity index (χ3n) is 4.75. The maximum atomic E-state index is 13.6. The minimum Gasteiger partial charge on any atom is -0.470 e. The topological polar surface area (TPSA) is 93.2 Å². The van der Waals surface area contributed by atoms with Crippen LogP contribution in [0.4, 0.5) is 14.6 Å². The Morgan fingerprint density at radius 2 is 2.03 bits per heavy atom. The Bertz CT molecular complexity index is 1060. The number of carbonyl (C=O) groups excluding carboxylic acids is 2. The smallest absolute Gasteiger partial charge is 0.302 e. The fourth-order valence-corrected chi connectivity index (χ4v) is 3.18. The molecule has 0 radical (unpaired) electrons. The van der Waals surface area contributed by atoms with Crippen molar-refractivity contribution in [2.45, 2.75) is 39.2 Å². The number of hydrogen-bond acceptors (Lipinski definition) is 5. The molecule has 0 bridgehead atoms. The molecule has 32 heavy (non-hydrogen) atoms. The van der Waals surface area contributed by atoms with Crippen LogP contribution in [0.2, 0.25) is 0 Å². The summed E-state index contributed by atoms with van der Waals surface area (Å²) in [7, 11) is 0. The molecule has 10 heteroatoms. The van der Waals surface area contributed by atoms with Gasteiger partial charge in [0.15, 0.2) is 6.61 Å². The molecule has 0 aliphatic heterocycles. The number of nitrogens with zero attached hydrogens (tertiary/aromatic N) is 2. The molecule has 3 rings (SSSR count). The molecular formula is C22H23BrF2N4O3. The van der Waals surface area contributed by atoms with E-state index in [1.165, 1.54) is 19.2 Å². The second-order valence-corrected chi connectivity index (χ2v) is 8.59. The molecular weight excluding hydrogens is 486 g/mol. The molecule has 0 atom stereocenters. The SMILES string of the molecule is C=C(C)C(F)(F)COc1ncc(CNC(=O)c2cc(C)nc(NC(=O)C3CC3)c2)cc1Br. The van der Waals surface area contributed by atoms with E-state index in [0.717, 1.165) is 12.8 Å². The Balaban J connectivity index is 1.59. The van der Waals surface area contributed by atoms with Gasteiger partial charge in [-0.2, -0.15) is 8.78 Å². The van der Waals surface area contributed by atoms with E-state index in [-0.39, 0.29) is 35.7 Å². The average Bonchev–Trinajstić information content (AvgIpc) is 3.56. The molecule has 7 nitrogen and oxygen atoms in total. The Morgan fingerprint density at radius 3 is 2.66 bits per heavy atom. The van der Waals surface area contributed by atoms with E-state index in [9.17, 15) is 18.4 Å². The minimum atomic E-state index is -3.16. The van der Waals surface area contributed by atoms with Crippen molar-refractivity contribution in [1.82, 2.24) is 15.3 Å². The first kappa shape index (κ1) is 23.8. The van der Waals surface area contributed by atoms with E-state index >= 15 is 0 Å². The van der Waals surface area contributed by atoms with Crippen LogP contribution in [0.15, 0.2) is 41.0 Å². The lowest BCUT2D eigenvalue weighted by molar-refractivity contribution is -0.117. The Morgan fingerprint density at radius 1 is 1.31 bits per heavy atom. The predicted molar refractivity (Wildman–Crippen MR) is 119 cm³/mol. The molecule has 2 N–H and O–H groups in total. The summed E-state index contributed by atoms with van der Waals surface area (Å²) in [5.74, 6) is -3.22. The lowest BCUT2D eigenvalue weighted by Gasteiger charge is -2.17. The largest absolute Gasteiger partial charge is 0.470 e. The van der Waals surface area contributed by atoms with Gasteiger partial charge in [0.2, 0.25) is 11.8 Å². The molecule has 2 heterocycles. The summed E-state index contributed by atoms with van der Waals surface area (Å²) in [5, 5.41) is 5.50. The van der Waals surface area contributed by atoms with Crippen LogP contribution in [0.5, 0.6) is 5.88 Å². The van der Waals surface area contributed by atoms with Crippen LogP contribution >= 0.6 is 15.9 Å². The van der Waals surface area contributed by atoms with Crippen molar-refractivity contribution >= 4 is 33.6 Å². The van der Waals surface area contributed by atoms with Gasteiger partial charge in [0, 0.05) is 29.9 Å². The second kappa shape index (κ2) is 9.72. The van der Waals surface area contributed by atoms with E-state index in [0.29, 0.717) is 27.1 Å². The quantitative estimate of drug-likeness (QED) is 0.489. The first-order valence-electron chi connectivity index (χ1n) is 9.94. The fraction of sp³-hybridized carbons (Fsp3) is 0.364. The van der Waals surface area contributed by atoms with Crippen molar-refractivity contribution in [2.24, 2.45) is 5.92 Å². The molecule has 1 saturated carbocycles. The summed E-state index contributed by atoms with van der Waals surface area (Å²) in [6.07, 6.45) is 3.17. The number of nitrogens with one attached hydrogen (secondary N) is 2. The highest BCUT2D eigenvalue weighted by atomic mass is 79.9. The summed E-state index contributed by atoms with van der Waals surface area (Å²) >= 11 is 3.25. The minimum absolute atomic E-state index is 0.0156. The maximum Gasteiger partial charge on any atom is 0.302 e. The van der Waals surface area contributed by atoms with Gasteiger partial charge in [0.25, 0.3) is 5.91 Å². The van der Waals surface area contributed by atoms with E-state index < -0.39 is 12.5 Å². The number of aromatic nitrogens is 2. The van der Waals surface area contributed by atoms with Crippen molar-refractivity contribution in [3.05, 3.63) is 57.8 Å². The Hall–Kier alpha value is -2.88. The molecule has 0 saturated heterocycles. The highest BCUT2D eigenvalue weighted by Crippen LogP contribution is 2.30. The molecule has 0 aromatic carbocycles. The van der Waals surface area contributed by atoms with Gasteiger partial charge < -0.3 is 15.4 Å². The summed E-state index contributed by atoms with van der Waals surface area (Å²) in [6, 6.07) is 4.77. The number of halogens is 3. The van der Waals surface area contributed by atoms with Gasteiger partial charge in [-0.25, -0.2) is 9.97 Å². The lowest BCUT2D eigenvalue weighted by atomic mass is 10.2. The summed E-state index contributed by atoms with van der Waals surface area (Å²) < 4.78 is 32.8. The Kier molecular flexibility index (Phi) is 7.22. The van der Waals surface area contributed by atoms with Gasteiger partial charge in [-0.3, -0.25) is 9.59 Å². The predicted octanol–water partition coefficient (Wildman–Crippen LogP) is 4.42. The lowest BCUT2D eigenvalue weighted by Crippen LogP contribution is -2.27. The van der Waals surface area contributed by atoms with Gasteiger partial charge in [0.05, 0.1) is 4.47 Å². The molecule has 1 fully saturated rings. The number of amides is 2. The fourth-order valence-electron chi connectivity index (χ4n) is 2.67. The van der Waals surface area contributed by atoms with Crippen LogP contribution in [0, 0.1) is 12.8 Å². The zero-order chi connectivity index (χ0) is 23.5. The number of aryl methyl sites for hydroxylation is 1. The maximum absolute atomic E-state index is 13.6. The van der Waals surface area contributed by atoms with Crippen LogP contribution in [-0.4, -0.2) is 34.3 Å². The van der Waals surface area contributed by atoms with Crippen molar-refractivity contribution in [2.75, 3.05) is 11.9 Å². The molecule has 0 unspecified atom stereocenters. The van der Waals surface area contributed by atoms with Gasteiger partial charge >= 0.3 is 5.92 Å². The monoisotopic (exact) mass is 508 g/mol. The molecule has 170 valence electrons. The van der Waals surface area contributed by atoms with Crippen molar-refractivity contribution < 1.29 is 23.1 Å². The number of anilines is 1. The van der Waals surface area contributed by atoms with Gasteiger partial charge in [-0.05, 0) is 72.0 Å². The molecule has 1 aliphatic rings. The van der Waals surface area contributed by atoms with Crippen LogP contribution in [0.1, 0.15) is 41.4 Å². The standard InChI is InChI=1S/C22H23BrF2N4O3/c1-12(2)22(24,25)11-32-21-17(23)7-14(10-27-21)9-26-19(30)16-6-13(3)28-18(8-16)29-20(31)15-4-5-15/h6-8,10,15H,1,4-5,9,11H2,2-3H3,(H,26,30)(H,28,29,31). The highest BCUT2D eigenvalue weighted by Gasteiger charge is 2.31. The molecule has 1 aliphatic carbocycles. The van der Waals surface area contributed by atoms with Crippen LogP contribution in [-0.2, 0) is 11.3 Å².